The molecule has 1 N–H and O–H groups in total. The fourth-order valence-corrected chi connectivity index (χ4v) is 2.36. The smallest absolute Gasteiger partial charge is 0.416 e. The van der Waals surface area contributed by atoms with Crippen molar-refractivity contribution in [2.75, 3.05) is 23.9 Å². The van der Waals surface area contributed by atoms with E-state index in [2.05, 4.69) is 5.32 Å². The molecule has 0 atom stereocenters. The second kappa shape index (κ2) is 7.92. The minimum atomic E-state index is -4.50. The molecule has 134 valence electrons. The van der Waals surface area contributed by atoms with E-state index in [1.807, 2.05) is 30.3 Å². The number of alkyl halides is 3. The Labute approximate surface area is 144 Å². The summed E-state index contributed by atoms with van der Waals surface area (Å²) in [4.78, 5) is 13.4. The van der Waals surface area contributed by atoms with Crippen LogP contribution in [0.4, 0.5) is 29.3 Å². The lowest BCUT2D eigenvalue weighted by molar-refractivity contribution is -0.137. The zero-order chi connectivity index (χ0) is 18.4. The second-order valence-electron chi connectivity index (χ2n) is 5.42. The van der Waals surface area contributed by atoms with E-state index in [-0.39, 0.29) is 12.3 Å². The van der Waals surface area contributed by atoms with E-state index in [0.29, 0.717) is 12.2 Å². The van der Waals surface area contributed by atoms with Gasteiger partial charge in [-0.1, -0.05) is 30.3 Å². The molecule has 1 amide bonds. The number of halogens is 3. The highest BCUT2D eigenvalue weighted by Crippen LogP contribution is 2.35. The summed E-state index contributed by atoms with van der Waals surface area (Å²) < 4.78 is 43.7. The molecule has 2 aromatic rings. The molecule has 0 unspecified atom stereocenters. The first-order chi connectivity index (χ1) is 11.8. The number of hydrogen-bond acceptors (Lipinski definition) is 3. The van der Waals surface area contributed by atoms with Crippen molar-refractivity contribution in [1.29, 1.82) is 0 Å². The summed E-state index contributed by atoms with van der Waals surface area (Å²) in [5.74, 6) is 0. The lowest BCUT2D eigenvalue weighted by atomic mass is 10.1. The van der Waals surface area contributed by atoms with Gasteiger partial charge in [0, 0.05) is 13.6 Å². The molecule has 4 nitrogen and oxygen atoms in total. The highest BCUT2D eigenvalue weighted by atomic mass is 19.4. The van der Waals surface area contributed by atoms with E-state index in [0.717, 1.165) is 17.7 Å². The lowest BCUT2D eigenvalue weighted by Crippen LogP contribution is -2.21. The van der Waals surface area contributed by atoms with E-state index in [4.69, 9.17) is 4.74 Å². The summed E-state index contributed by atoms with van der Waals surface area (Å²) in [7, 11) is 1.74. The van der Waals surface area contributed by atoms with Crippen LogP contribution in [-0.2, 0) is 17.5 Å². The molecule has 0 radical (unpaired) electrons. The van der Waals surface area contributed by atoms with Crippen molar-refractivity contribution in [2.45, 2.75) is 19.6 Å². The quantitative estimate of drug-likeness (QED) is 0.831. The minimum absolute atomic E-state index is 0.0479. The Balaban J connectivity index is 2.32. The number of nitrogens with one attached hydrogen (secondary N) is 1. The zero-order valence-electron chi connectivity index (χ0n) is 13.9. The second-order valence-corrected chi connectivity index (χ2v) is 5.42. The number of carbonyl (C=O) groups is 1. The summed E-state index contributed by atoms with van der Waals surface area (Å²) >= 11 is 0. The monoisotopic (exact) mass is 352 g/mol. The largest absolute Gasteiger partial charge is 0.450 e. The van der Waals surface area contributed by atoms with E-state index < -0.39 is 17.8 Å². The standard InChI is InChI=1S/C18H19F3N2O2/c1-3-25-17(24)22-15-11-14(18(19,20)21)9-10-16(15)23(2)12-13-7-5-4-6-8-13/h4-11H,3,12H2,1-2H3,(H,22,24). The van der Waals surface area contributed by atoms with E-state index >= 15 is 0 Å². The summed E-state index contributed by atoms with van der Waals surface area (Å²) in [5.41, 5.74) is 0.666. The number of anilines is 2. The van der Waals surface area contributed by atoms with Gasteiger partial charge in [0.05, 0.1) is 23.5 Å². The van der Waals surface area contributed by atoms with Crippen LogP contribution in [0.1, 0.15) is 18.1 Å². The molecule has 2 aromatic carbocycles. The van der Waals surface area contributed by atoms with Gasteiger partial charge in [0.15, 0.2) is 0 Å². The average molecular weight is 352 g/mol. The van der Waals surface area contributed by atoms with Crippen LogP contribution in [0.2, 0.25) is 0 Å². The molecule has 0 aliphatic heterocycles. The zero-order valence-corrected chi connectivity index (χ0v) is 13.9. The summed E-state index contributed by atoms with van der Waals surface area (Å²) in [6.45, 7) is 2.22. The third-order valence-corrected chi connectivity index (χ3v) is 3.51. The Kier molecular flexibility index (Phi) is 5.90. The van der Waals surface area contributed by atoms with Gasteiger partial charge < -0.3 is 9.64 Å². The van der Waals surface area contributed by atoms with Gasteiger partial charge in [-0.3, -0.25) is 5.32 Å². The number of hydrogen-bond donors (Lipinski definition) is 1. The molecule has 2 rings (SSSR count). The maximum atomic E-state index is 13.0. The van der Waals surface area contributed by atoms with Crippen LogP contribution in [0.15, 0.2) is 48.5 Å². The molecule has 0 aliphatic rings. The van der Waals surface area contributed by atoms with E-state index in [9.17, 15) is 18.0 Å². The van der Waals surface area contributed by atoms with Gasteiger partial charge in [-0.2, -0.15) is 13.2 Å². The van der Waals surface area contributed by atoms with Crippen LogP contribution in [0.3, 0.4) is 0 Å². The Hall–Kier alpha value is -2.70. The van der Waals surface area contributed by atoms with Crippen molar-refractivity contribution in [3.05, 3.63) is 59.7 Å². The maximum absolute atomic E-state index is 13.0. The molecule has 0 saturated heterocycles. The van der Waals surface area contributed by atoms with E-state index in [1.165, 1.54) is 6.07 Å². The van der Waals surface area contributed by atoms with Gasteiger partial charge in [-0.05, 0) is 30.7 Å². The summed E-state index contributed by atoms with van der Waals surface area (Å²) in [5, 5.41) is 2.39. The van der Waals surface area contributed by atoms with Gasteiger partial charge in [0.25, 0.3) is 0 Å². The van der Waals surface area contributed by atoms with Crippen LogP contribution in [0, 0.1) is 0 Å². The van der Waals surface area contributed by atoms with Crippen LogP contribution < -0.4 is 10.2 Å². The highest BCUT2D eigenvalue weighted by molar-refractivity contribution is 5.90. The SMILES string of the molecule is CCOC(=O)Nc1cc(C(F)(F)F)ccc1N(C)Cc1ccccc1. The molecular weight excluding hydrogens is 333 g/mol. The fourth-order valence-electron chi connectivity index (χ4n) is 2.36. The Morgan fingerprint density at radius 1 is 1.16 bits per heavy atom. The molecule has 0 aromatic heterocycles. The first-order valence-electron chi connectivity index (χ1n) is 7.71. The van der Waals surface area contributed by atoms with Crippen molar-refractivity contribution in [1.82, 2.24) is 0 Å². The van der Waals surface area contributed by atoms with Crippen molar-refractivity contribution in [3.8, 4) is 0 Å². The highest BCUT2D eigenvalue weighted by Gasteiger charge is 2.31. The van der Waals surface area contributed by atoms with Crippen molar-refractivity contribution in [2.24, 2.45) is 0 Å². The Morgan fingerprint density at radius 3 is 2.44 bits per heavy atom. The van der Waals surface area contributed by atoms with Gasteiger partial charge in [0.1, 0.15) is 0 Å². The minimum Gasteiger partial charge on any atom is -0.450 e. The van der Waals surface area contributed by atoms with Crippen molar-refractivity contribution < 1.29 is 22.7 Å². The van der Waals surface area contributed by atoms with Crippen LogP contribution in [0.25, 0.3) is 0 Å². The molecule has 0 saturated carbocycles. The first-order valence-corrected chi connectivity index (χ1v) is 7.71. The van der Waals surface area contributed by atoms with E-state index in [1.54, 1.807) is 18.9 Å². The predicted molar refractivity (Wildman–Crippen MR) is 90.6 cm³/mol. The molecule has 7 heteroatoms. The lowest BCUT2D eigenvalue weighted by Gasteiger charge is -2.23. The van der Waals surface area contributed by atoms with Crippen LogP contribution >= 0.6 is 0 Å². The topological polar surface area (TPSA) is 41.6 Å². The van der Waals surface area contributed by atoms with Crippen LogP contribution in [0.5, 0.6) is 0 Å². The third kappa shape index (κ3) is 5.14. The summed E-state index contributed by atoms with van der Waals surface area (Å²) in [6.07, 6.45) is -5.29. The molecule has 0 bridgehead atoms. The predicted octanol–water partition coefficient (Wildman–Crippen LogP) is 4.91. The summed E-state index contributed by atoms with van der Waals surface area (Å²) in [6, 6.07) is 12.7. The molecule has 0 spiro atoms. The van der Waals surface area contributed by atoms with Crippen molar-refractivity contribution in [3.63, 3.8) is 0 Å². The normalized spacial score (nSPS) is 11.1. The van der Waals surface area contributed by atoms with Crippen LogP contribution in [-0.4, -0.2) is 19.7 Å². The number of ether oxygens (including phenoxy) is 1. The molecule has 0 fully saturated rings. The van der Waals surface area contributed by atoms with Crippen molar-refractivity contribution >= 4 is 17.5 Å². The number of amides is 1. The number of benzene rings is 2. The fraction of sp³-hybridized carbons (Fsp3) is 0.278. The Bertz CT molecular complexity index is 718. The van der Waals surface area contributed by atoms with Gasteiger partial charge in [-0.25, -0.2) is 4.79 Å². The van der Waals surface area contributed by atoms with Gasteiger partial charge in [0.2, 0.25) is 0 Å². The third-order valence-electron chi connectivity index (χ3n) is 3.51. The van der Waals surface area contributed by atoms with Gasteiger partial charge >= 0.3 is 12.3 Å². The number of rotatable bonds is 5. The molecule has 0 aliphatic carbocycles. The Morgan fingerprint density at radius 2 is 1.84 bits per heavy atom. The average Bonchev–Trinajstić information content (AvgIpc) is 2.55. The number of carbonyl (C=O) groups excluding carboxylic acids is 1. The maximum Gasteiger partial charge on any atom is 0.416 e. The molecule has 25 heavy (non-hydrogen) atoms. The molecular formula is C18H19F3N2O2. The van der Waals surface area contributed by atoms with Gasteiger partial charge in [-0.15, -0.1) is 0 Å². The first kappa shape index (κ1) is 18.6. The number of nitrogens with zero attached hydrogens (tertiary/aromatic N) is 1. The molecule has 0 heterocycles.